The van der Waals surface area contributed by atoms with Gasteiger partial charge in [-0.3, -0.25) is 0 Å². The summed E-state index contributed by atoms with van der Waals surface area (Å²) in [6.07, 6.45) is 7.94. The van der Waals surface area contributed by atoms with E-state index in [9.17, 15) is 0 Å². The van der Waals surface area contributed by atoms with Crippen LogP contribution in [0.25, 0.3) is 0 Å². The van der Waals surface area contributed by atoms with E-state index >= 15 is 0 Å². The van der Waals surface area contributed by atoms with Gasteiger partial charge < -0.3 is 9.64 Å². The Morgan fingerprint density at radius 3 is 2.39 bits per heavy atom. The number of nitrogens with zero attached hydrogens (tertiary/aromatic N) is 1. The predicted molar refractivity (Wildman–Crippen MR) is 76.2 cm³/mol. The van der Waals surface area contributed by atoms with Crippen molar-refractivity contribution in [2.45, 2.75) is 44.6 Å². The maximum atomic E-state index is 5.96. The van der Waals surface area contributed by atoms with Crippen molar-refractivity contribution >= 4 is 0 Å². The Labute approximate surface area is 111 Å². The van der Waals surface area contributed by atoms with Gasteiger partial charge in [0.25, 0.3) is 0 Å². The number of aryl methyl sites for hydroxylation is 1. The van der Waals surface area contributed by atoms with E-state index in [4.69, 9.17) is 4.74 Å². The van der Waals surface area contributed by atoms with E-state index in [1.165, 1.54) is 37.7 Å². The Morgan fingerprint density at radius 2 is 1.78 bits per heavy atom. The third kappa shape index (κ3) is 4.34. The molecule has 0 spiro atoms. The topological polar surface area (TPSA) is 12.5 Å². The van der Waals surface area contributed by atoms with Gasteiger partial charge in [0.05, 0.1) is 6.10 Å². The van der Waals surface area contributed by atoms with Crippen LogP contribution in [0, 0.1) is 0 Å². The summed E-state index contributed by atoms with van der Waals surface area (Å²) in [6, 6.07) is 8.67. The average molecular weight is 247 g/mol. The highest BCUT2D eigenvalue weighted by atomic mass is 16.5. The summed E-state index contributed by atoms with van der Waals surface area (Å²) in [7, 11) is 4.25. The Morgan fingerprint density at radius 1 is 1.11 bits per heavy atom. The third-order valence-corrected chi connectivity index (χ3v) is 3.60. The van der Waals surface area contributed by atoms with Crippen molar-refractivity contribution in [2.75, 3.05) is 20.6 Å². The van der Waals surface area contributed by atoms with Crippen molar-refractivity contribution < 1.29 is 4.74 Å². The molecule has 0 aliphatic heterocycles. The summed E-state index contributed by atoms with van der Waals surface area (Å²) >= 11 is 0. The molecule has 1 aliphatic carbocycles. The van der Waals surface area contributed by atoms with Crippen LogP contribution in [-0.2, 0) is 6.42 Å². The molecule has 1 aromatic rings. The number of rotatable bonds is 6. The fourth-order valence-electron chi connectivity index (χ4n) is 2.53. The number of hydrogen-bond donors (Lipinski definition) is 0. The zero-order valence-electron chi connectivity index (χ0n) is 11.7. The van der Waals surface area contributed by atoms with Crippen molar-refractivity contribution in [3.8, 4) is 5.75 Å². The van der Waals surface area contributed by atoms with Gasteiger partial charge >= 0.3 is 0 Å². The first-order valence-electron chi connectivity index (χ1n) is 7.14. The Bertz CT molecular complexity index is 339. The first kappa shape index (κ1) is 13.4. The van der Waals surface area contributed by atoms with Gasteiger partial charge in [-0.2, -0.15) is 0 Å². The van der Waals surface area contributed by atoms with Crippen LogP contribution in [0.15, 0.2) is 24.3 Å². The Kier molecular flexibility index (Phi) is 5.06. The van der Waals surface area contributed by atoms with E-state index in [1.807, 2.05) is 0 Å². The normalized spacial score (nSPS) is 16.4. The number of ether oxygens (including phenoxy) is 1. The molecule has 1 saturated carbocycles. The summed E-state index contributed by atoms with van der Waals surface area (Å²) in [6.45, 7) is 1.15. The minimum atomic E-state index is 0.463. The quantitative estimate of drug-likeness (QED) is 0.763. The molecule has 0 amide bonds. The summed E-state index contributed by atoms with van der Waals surface area (Å²) in [4.78, 5) is 2.23. The van der Waals surface area contributed by atoms with Gasteiger partial charge in [-0.25, -0.2) is 0 Å². The molecular formula is C16H25NO. The molecule has 0 unspecified atom stereocenters. The fourth-order valence-corrected chi connectivity index (χ4v) is 2.53. The van der Waals surface area contributed by atoms with Crippen molar-refractivity contribution in [3.05, 3.63) is 29.8 Å². The summed E-state index contributed by atoms with van der Waals surface area (Å²) in [5.74, 6) is 1.04. The molecule has 1 fully saturated rings. The maximum absolute atomic E-state index is 5.96. The lowest BCUT2D eigenvalue weighted by atomic mass is 10.1. The van der Waals surface area contributed by atoms with Crippen LogP contribution >= 0.6 is 0 Å². The zero-order chi connectivity index (χ0) is 12.8. The van der Waals surface area contributed by atoms with Gasteiger partial charge in [-0.1, -0.05) is 12.1 Å². The second-order valence-corrected chi connectivity index (χ2v) is 5.58. The summed E-state index contributed by atoms with van der Waals surface area (Å²) in [5, 5.41) is 0. The molecule has 1 aromatic carbocycles. The lowest BCUT2D eigenvalue weighted by Crippen LogP contribution is -2.13. The molecule has 0 heterocycles. The lowest BCUT2D eigenvalue weighted by molar-refractivity contribution is 0.210. The lowest BCUT2D eigenvalue weighted by Gasteiger charge is -2.13. The molecule has 18 heavy (non-hydrogen) atoms. The second-order valence-electron chi connectivity index (χ2n) is 5.58. The minimum absolute atomic E-state index is 0.463. The van der Waals surface area contributed by atoms with Crippen LogP contribution in [0.2, 0.25) is 0 Å². The molecule has 0 aromatic heterocycles. The van der Waals surface area contributed by atoms with Crippen LogP contribution in [0.5, 0.6) is 5.75 Å². The van der Waals surface area contributed by atoms with Gasteiger partial charge in [0.15, 0.2) is 0 Å². The molecule has 0 radical (unpaired) electrons. The van der Waals surface area contributed by atoms with E-state index in [0.29, 0.717) is 6.10 Å². The second kappa shape index (κ2) is 6.79. The standard InChI is InChI=1S/C16H25NO/c1-17(2)13-5-6-14-9-11-16(12-10-14)18-15-7-3-4-8-15/h9-12,15H,3-8,13H2,1-2H3. The molecule has 2 rings (SSSR count). The van der Waals surface area contributed by atoms with Crippen molar-refractivity contribution in [2.24, 2.45) is 0 Å². The molecule has 0 bridgehead atoms. The molecule has 0 atom stereocenters. The molecule has 2 heteroatoms. The van der Waals surface area contributed by atoms with E-state index in [2.05, 4.69) is 43.3 Å². The minimum Gasteiger partial charge on any atom is -0.490 e. The van der Waals surface area contributed by atoms with Crippen LogP contribution in [0.1, 0.15) is 37.7 Å². The Hall–Kier alpha value is -1.02. The van der Waals surface area contributed by atoms with Gasteiger partial charge in [-0.05, 0) is 76.9 Å². The monoisotopic (exact) mass is 247 g/mol. The van der Waals surface area contributed by atoms with Crippen molar-refractivity contribution in [1.82, 2.24) is 4.90 Å². The van der Waals surface area contributed by atoms with Gasteiger partial charge in [0, 0.05) is 0 Å². The molecule has 1 aliphatic rings. The van der Waals surface area contributed by atoms with Crippen molar-refractivity contribution in [3.63, 3.8) is 0 Å². The molecule has 100 valence electrons. The van der Waals surface area contributed by atoms with Crippen LogP contribution in [0.3, 0.4) is 0 Å². The van der Waals surface area contributed by atoms with Crippen molar-refractivity contribution in [1.29, 1.82) is 0 Å². The third-order valence-electron chi connectivity index (χ3n) is 3.60. The predicted octanol–water partition coefficient (Wildman–Crippen LogP) is 3.50. The molecule has 0 saturated heterocycles. The van der Waals surface area contributed by atoms with Crippen LogP contribution < -0.4 is 4.74 Å². The first-order chi connectivity index (χ1) is 8.74. The fraction of sp³-hybridized carbons (Fsp3) is 0.625. The number of benzene rings is 1. The highest BCUT2D eigenvalue weighted by molar-refractivity contribution is 5.27. The molecular weight excluding hydrogens is 222 g/mol. The van der Waals surface area contributed by atoms with E-state index in [-0.39, 0.29) is 0 Å². The van der Waals surface area contributed by atoms with Gasteiger partial charge in [-0.15, -0.1) is 0 Å². The first-order valence-corrected chi connectivity index (χ1v) is 7.14. The molecule has 2 nitrogen and oxygen atoms in total. The van der Waals surface area contributed by atoms with Gasteiger partial charge in [0.1, 0.15) is 5.75 Å². The smallest absolute Gasteiger partial charge is 0.119 e. The summed E-state index contributed by atoms with van der Waals surface area (Å²) in [5.41, 5.74) is 1.41. The molecule has 0 N–H and O–H groups in total. The highest BCUT2D eigenvalue weighted by Gasteiger charge is 2.16. The van der Waals surface area contributed by atoms with Crippen LogP contribution in [-0.4, -0.2) is 31.6 Å². The Balaban J connectivity index is 1.77. The SMILES string of the molecule is CN(C)CCCc1ccc(OC2CCCC2)cc1. The summed E-state index contributed by atoms with van der Waals surface area (Å²) < 4.78 is 5.96. The highest BCUT2D eigenvalue weighted by Crippen LogP contribution is 2.24. The maximum Gasteiger partial charge on any atom is 0.119 e. The largest absolute Gasteiger partial charge is 0.490 e. The zero-order valence-corrected chi connectivity index (χ0v) is 11.7. The van der Waals surface area contributed by atoms with E-state index < -0.39 is 0 Å². The van der Waals surface area contributed by atoms with E-state index in [1.54, 1.807) is 0 Å². The number of hydrogen-bond acceptors (Lipinski definition) is 2. The van der Waals surface area contributed by atoms with E-state index in [0.717, 1.165) is 18.7 Å². The van der Waals surface area contributed by atoms with Crippen LogP contribution in [0.4, 0.5) is 0 Å². The van der Waals surface area contributed by atoms with Gasteiger partial charge in [0.2, 0.25) is 0 Å². The average Bonchev–Trinajstić information content (AvgIpc) is 2.84.